The first kappa shape index (κ1) is 8.75. The average Bonchev–Trinajstić information content (AvgIpc) is 2.70. The van der Waals surface area contributed by atoms with Gasteiger partial charge in [0.2, 0.25) is 0 Å². The second-order valence-electron chi connectivity index (χ2n) is 5.90. The van der Waals surface area contributed by atoms with Crippen molar-refractivity contribution in [3.63, 3.8) is 0 Å². The maximum atomic E-state index is 10.8. The van der Waals surface area contributed by atoms with Crippen molar-refractivity contribution in [1.29, 1.82) is 0 Å². The summed E-state index contributed by atoms with van der Waals surface area (Å²) in [7, 11) is 0. The third kappa shape index (κ3) is 1.12. The summed E-state index contributed by atoms with van der Waals surface area (Å²) < 4.78 is 0. The van der Waals surface area contributed by atoms with Gasteiger partial charge in [0, 0.05) is 6.42 Å². The molecule has 0 aromatic carbocycles. The Labute approximate surface area is 84.7 Å². The molecule has 0 bridgehead atoms. The Bertz CT molecular complexity index is 270. The topological polar surface area (TPSA) is 37.3 Å². The van der Waals surface area contributed by atoms with Crippen molar-refractivity contribution in [3.8, 4) is 0 Å². The van der Waals surface area contributed by atoms with Crippen LogP contribution < -0.4 is 0 Å². The second kappa shape index (κ2) is 2.53. The number of carboxylic acid groups (broad SMARTS) is 1. The van der Waals surface area contributed by atoms with Crippen molar-refractivity contribution < 1.29 is 9.90 Å². The first-order valence-corrected chi connectivity index (χ1v) is 5.86. The van der Waals surface area contributed by atoms with Gasteiger partial charge in [-0.25, -0.2) is 0 Å². The molecule has 0 amide bonds. The monoisotopic (exact) mass is 194 g/mol. The maximum absolute atomic E-state index is 10.8. The molecule has 2 spiro atoms. The second-order valence-corrected chi connectivity index (χ2v) is 5.90. The van der Waals surface area contributed by atoms with Crippen molar-refractivity contribution in [3.05, 3.63) is 0 Å². The summed E-state index contributed by atoms with van der Waals surface area (Å²) in [5, 5.41) is 8.87. The zero-order chi connectivity index (χ0) is 9.81. The molecule has 78 valence electrons. The molecule has 3 aliphatic rings. The van der Waals surface area contributed by atoms with E-state index in [-0.39, 0.29) is 0 Å². The fourth-order valence-corrected chi connectivity index (χ4v) is 4.18. The zero-order valence-corrected chi connectivity index (χ0v) is 8.59. The standard InChI is InChI=1S/C12H18O2/c13-10(14)6-9-2-1-3-12(9)7-11(8-12)4-5-11/h9H,1-8H2,(H,13,14). The highest BCUT2D eigenvalue weighted by Gasteiger charge is 2.63. The van der Waals surface area contributed by atoms with Gasteiger partial charge >= 0.3 is 5.97 Å². The molecule has 1 N–H and O–H groups in total. The maximum Gasteiger partial charge on any atom is 0.303 e. The Morgan fingerprint density at radius 1 is 1.29 bits per heavy atom. The van der Waals surface area contributed by atoms with Gasteiger partial charge in [0.15, 0.2) is 0 Å². The van der Waals surface area contributed by atoms with Crippen molar-refractivity contribution in [2.45, 2.75) is 51.4 Å². The molecule has 0 aliphatic heterocycles. The van der Waals surface area contributed by atoms with Gasteiger partial charge in [-0.1, -0.05) is 6.42 Å². The van der Waals surface area contributed by atoms with Gasteiger partial charge in [0.05, 0.1) is 0 Å². The van der Waals surface area contributed by atoms with E-state index in [1.54, 1.807) is 0 Å². The summed E-state index contributed by atoms with van der Waals surface area (Å²) in [6.45, 7) is 0. The minimum Gasteiger partial charge on any atom is -0.481 e. The van der Waals surface area contributed by atoms with E-state index < -0.39 is 5.97 Å². The van der Waals surface area contributed by atoms with Crippen molar-refractivity contribution in [2.24, 2.45) is 16.7 Å². The van der Waals surface area contributed by atoms with Gasteiger partial charge < -0.3 is 5.11 Å². The van der Waals surface area contributed by atoms with Gasteiger partial charge in [0.1, 0.15) is 0 Å². The van der Waals surface area contributed by atoms with Gasteiger partial charge in [-0.2, -0.15) is 0 Å². The molecular weight excluding hydrogens is 176 g/mol. The molecule has 2 heteroatoms. The van der Waals surface area contributed by atoms with Crippen LogP contribution in [0.15, 0.2) is 0 Å². The Kier molecular flexibility index (Phi) is 1.58. The largest absolute Gasteiger partial charge is 0.481 e. The minimum atomic E-state index is -0.590. The highest BCUT2D eigenvalue weighted by molar-refractivity contribution is 5.67. The lowest BCUT2D eigenvalue weighted by Crippen LogP contribution is -2.42. The number of carboxylic acids is 1. The molecule has 1 unspecified atom stereocenters. The molecule has 2 nitrogen and oxygen atoms in total. The summed E-state index contributed by atoms with van der Waals surface area (Å²) in [4.78, 5) is 10.8. The lowest BCUT2D eigenvalue weighted by Gasteiger charge is -2.50. The molecule has 0 heterocycles. The third-order valence-electron chi connectivity index (χ3n) is 4.93. The summed E-state index contributed by atoms with van der Waals surface area (Å²) in [6, 6.07) is 0. The van der Waals surface area contributed by atoms with Gasteiger partial charge in [0.25, 0.3) is 0 Å². The van der Waals surface area contributed by atoms with Crippen LogP contribution in [0.5, 0.6) is 0 Å². The quantitative estimate of drug-likeness (QED) is 0.734. The van der Waals surface area contributed by atoms with Gasteiger partial charge in [-0.05, 0) is 55.3 Å². The van der Waals surface area contributed by atoms with Crippen LogP contribution in [0, 0.1) is 16.7 Å². The molecule has 1 atom stereocenters. The van der Waals surface area contributed by atoms with Crippen LogP contribution in [0.3, 0.4) is 0 Å². The van der Waals surface area contributed by atoms with Crippen LogP contribution in [-0.2, 0) is 4.79 Å². The van der Waals surface area contributed by atoms with Gasteiger partial charge in [-0.15, -0.1) is 0 Å². The fourth-order valence-electron chi connectivity index (χ4n) is 4.18. The number of rotatable bonds is 2. The normalized spacial score (nSPS) is 35.9. The molecule has 3 fully saturated rings. The lowest BCUT2D eigenvalue weighted by atomic mass is 9.54. The Morgan fingerprint density at radius 2 is 2.00 bits per heavy atom. The Balaban J connectivity index is 1.69. The fraction of sp³-hybridized carbons (Fsp3) is 0.917. The summed E-state index contributed by atoms with van der Waals surface area (Å²) >= 11 is 0. The van der Waals surface area contributed by atoms with E-state index in [1.165, 1.54) is 44.9 Å². The van der Waals surface area contributed by atoms with Crippen LogP contribution in [-0.4, -0.2) is 11.1 Å². The Hall–Kier alpha value is -0.530. The predicted octanol–water partition coefficient (Wildman–Crippen LogP) is 2.82. The van der Waals surface area contributed by atoms with Crippen LogP contribution in [0.25, 0.3) is 0 Å². The molecule has 3 aliphatic carbocycles. The molecule has 0 aromatic rings. The molecule has 3 saturated carbocycles. The summed E-state index contributed by atoms with van der Waals surface area (Å²) in [5.41, 5.74) is 1.20. The zero-order valence-electron chi connectivity index (χ0n) is 8.59. The van der Waals surface area contributed by atoms with E-state index >= 15 is 0 Å². The molecule has 0 radical (unpaired) electrons. The number of hydrogen-bond acceptors (Lipinski definition) is 1. The van der Waals surface area contributed by atoms with E-state index in [0.717, 1.165) is 5.41 Å². The number of aliphatic carboxylic acids is 1. The number of hydrogen-bond donors (Lipinski definition) is 1. The summed E-state index contributed by atoms with van der Waals surface area (Å²) in [5.74, 6) is -0.0840. The van der Waals surface area contributed by atoms with Crippen LogP contribution in [0.4, 0.5) is 0 Å². The third-order valence-corrected chi connectivity index (χ3v) is 4.93. The first-order chi connectivity index (χ1) is 6.64. The van der Waals surface area contributed by atoms with Crippen molar-refractivity contribution >= 4 is 5.97 Å². The van der Waals surface area contributed by atoms with Crippen molar-refractivity contribution in [2.75, 3.05) is 0 Å². The average molecular weight is 194 g/mol. The van der Waals surface area contributed by atoms with Crippen LogP contribution in [0.1, 0.15) is 51.4 Å². The highest BCUT2D eigenvalue weighted by Crippen LogP contribution is 2.74. The minimum absolute atomic E-state index is 0.427. The smallest absolute Gasteiger partial charge is 0.303 e. The SMILES string of the molecule is O=C(O)CC1CCCC12CC1(CC1)C2. The van der Waals surface area contributed by atoms with Gasteiger partial charge in [-0.3, -0.25) is 4.79 Å². The molecule has 0 saturated heterocycles. The molecule has 0 aromatic heterocycles. The van der Waals surface area contributed by atoms with E-state index in [0.29, 0.717) is 17.8 Å². The van der Waals surface area contributed by atoms with Crippen molar-refractivity contribution in [1.82, 2.24) is 0 Å². The predicted molar refractivity (Wildman–Crippen MR) is 52.9 cm³/mol. The van der Waals surface area contributed by atoms with E-state index in [1.807, 2.05) is 0 Å². The lowest BCUT2D eigenvalue weighted by molar-refractivity contribution is -0.140. The summed E-state index contributed by atoms with van der Waals surface area (Å²) in [6.07, 6.45) is 9.75. The van der Waals surface area contributed by atoms with E-state index in [4.69, 9.17) is 5.11 Å². The molecular formula is C12H18O2. The van der Waals surface area contributed by atoms with Crippen LogP contribution in [0.2, 0.25) is 0 Å². The molecule has 3 rings (SSSR count). The van der Waals surface area contributed by atoms with E-state index in [9.17, 15) is 4.79 Å². The Morgan fingerprint density at radius 3 is 2.57 bits per heavy atom. The first-order valence-electron chi connectivity index (χ1n) is 5.86. The van der Waals surface area contributed by atoms with E-state index in [2.05, 4.69) is 0 Å². The van der Waals surface area contributed by atoms with Crippen LogP contribution >= 0.6 is 0 Å². The number of carbonyl (C=O) groups is 1. The highest BCUT2D eigenvalue weighted by atomic mass is 16.4. The molecule has 14 heavy (non-hydrogen) atoms.